The first-order valence-electron chi connectivity index (χ1n) is 1.06. The minimum Gasteiger partial charge on any atom is -0.271 e. The maximum atomic E-state index is 9.84. The van der Waals surface area contributed by atoms with Crippen molar-refractivity contribution >= 4 is 34.4 Å². The highest BCUT2D eigenvalue weighted by atomic mass is 127. The fourth-order valence-electron chi connectivity index (χ4n) is 0.0257. The van der Waals surface area contributed by atoms with Gasteiger partial charge in [0.25, 0.3) is 0 Å². The summed E-state index contributed by atoms with van der Waals surface area (Å²) in [5.74, 6) is 0. The van der Waals surface area contributed by atoms with E-state index in [2.05, 4.69) is 6.70 Å². The molecular weight excluding hydrogens is 219 g/mol. The van der Waals surface area contributed by atoms with Crippen molar-refractivity contribution < 1.29 is 10.9 Å². The molecule has 0 saturated carbocycles. The largest absolute Gasteiger partial charge is 0.314 e. The average Bonchev–Trinajstić information content (AvgIpc) is 1.65. The van der Waals surface area contributed by atoms with E-state index in [4.69, 9.17) is 0 Å². The molecule has 0 fully saturated rings. The second-order valence-electron chi connectivity index (χ2n) is 0.434. The highest BCUT2D eigenvalue weighted by molar-refractivity contribution is 14.1. The van der Waals surface area contributed by atoms with Crippen molar-refractivity contribution in [1.29, 1.82) is 0 Å². The van der Waals surface area contributed by atoms with E-state index in [1.807, 2.05) is 0 Å². The molecule has 5 heteroatoms. The molecular formula is CH3IO3S. The van der Waals surface area contributed by atoms with Crippen LogP contribution in [0.3, 0.4) is 0 Å². The summed E-state index contributed by atoms with van der Waals surface area (Å²) in [4.78, 5) is 0. The molecule has 1 unspecified atom stereocenters. The Bertz CT molecular complexity index is 48.8. The lowest BCUT2D eigenvalue weighted by molar-refractivity contribution is 0.407. The third-order valence-electron chi connectivity index (χ3n) is 0.188. The Labute approximate surface area is 52.6 Å². The molecule has 0 saturated heterocycles. The fraction of sp³-hybridized carbons (Fsp3) is 1.00. The smallest absolute Gasteiger partial charge is 0.271 e. The summed E-state index contributed by atoms with van der Waals surface area (Å²) in [5.41, 5.74) is 0. The van der Waals surface area contributed by atoms with Gasteiger partial charge in [0.05, 0.1) is 7.11 Å². The summed E-state index contributed by atoms with van der Waals surface area (Å²) >= 11 is -0.0590. The second kappa shape index (κ2) is 3.97. The molecule has 0 aromatic carbocycles. The standard InChI is InChI=1S/CH3IO3S/c1-4-6(3)5-2/h1H3. The van der Waals surface area contributed by atoms with Crippen LogP contribution < -0.4 is 0 Å². The van der Waals surface area contributed by atoms with Gasteiger partial charge in [0.1, 0.15) is 23.0 Å². The van der Waals surface area contributed by atoms with Crippen molar-refractivity contribution in [2.24, 2.45) is 0 Å². The van der Waals surface area contributed by atoms with Crippen LogP contribution >= 0.6 is 23.0 Å². The zero-order chi connectivity index (χ0) is 4.99. The van der Waals surface area contributed by atoms with Gasteiger partial charge in [0, 0.05) is 0 Å². The molecule has 0 bridgehead atoms. The molecule has 0 aliphatic heterocycles. The van der Waals surface area contributed by atoms with Crippen LogP contribution in [0.2, 0.25) is 0 Å². The van der Waals surface area contributed by atoms with Gasteiger partial charge in [-0.3, -0.25) is 4.18 Å². The van der Waals surface area contributed by atoms with E-state index in [0.29, 0.717) is 0 Å². The monoisotopic (exact) mass is 222 g/mol. The lowest BCUT2D eigenvalue weighted by Crippen LogP contribution is -1.86. The van der Waals surface area contributed by atoms with Gasteiger partial charge in [0.2, 0.25) is 0 Å². The molecule has 6 heavy (non-hydrogen) atoms. The van der Waals surface area contributed by atoms with Gasteiger partial charge in [-0.2, -0.15) is 6.72 Å². The van der Waals surface area contributed by atoms with Gasteiger partial charge >= 0.3 is 11.4 Å². The highest BCUT2D eigenvalue weighted by Gasteiger charge is 1.87. The first-order chi connectivity index (χ1) is 2.81. The highest BCUT2D eigenvalue weighted by Crippen LogP contribution is 1.90. The Morgan fingerprint density at radius 1 is 1.83 bits per heavy atom. The van der Waals surface area contributed by atoms with Gasteiger partial charge in [-0.15, -0.1) is 0 Å². The van der Waals surface area contributed by atoms with Crippen LogP contribution in [-0.4, -0.2) is 11.3 Å². The van der Waals surface area contributed by atoms with E-state index < -0.39 is 11.4 Å². The fourth-order valence-corrected chi connectivity index (χ4v) is 0.518. The van der Waals surface area contributed by atoms with Crippen LogP contribution in [0.1, 0.15) is 0 Å². The Balaban J connectivity index is 2.99. The number of hydrogen-bond donors (Lipinski definition) is 0. The lowest BCUT2D eigenvalue weighted by Gasteiger charge is -1.84. The van der Waals surface area contributed by atoms with Gasteiger partial charge in [-0.05, 0) is 0 Å². The van der Waals surface area contributed by atoms with Crippen LogP contribution in [0.15, 0.2) is 0 Å². The molecule has 0 amide bonds. The molecule has 1 atom stereocenters. The summed E-state index contributed by atoms with van der Waals surface area (Å²) in [7, 11) is 1.30. The van der Waals surface area contributed by atoms with Crippen molar-refractivity contribution in [1.82, 2.24) is 0 Å². The summed E-state index contributed by atoms with van der Waals surface area (Å²) in [6.45, 7) is 0. The Kier molecular flexibility index (Phi) is 4.50. The summed E-state index contributed by atoms with van der Waals surface area (Å²) in [5, 5.41) is 0. The van der Waals surface area contributed by atoms with E-state index >= 15 is 0 Å². The van der Waals surface area contributed by atoms with E-state index in [-0.39, 0.29) is 0 Å². The van der Waals surface area contributed by atoms with Gasteiger partial charge in [-0.25, -0.2) is 0 Å². The van der Waals surface area contributed by atoms with Crippen molar-refractivity contribution in [3.8, 4) is 0 Å². The molecule has 38 valence electrons. The zero-order valence-electron chi connectivity index (χ0n) is 3.01. The van der Waals surface area contributed by atoms with Crippen LogP contribution in [0.25, 0.3) is 0 Å². The first kappa shape index (κ1) is 6.80. The molecule has 0 heterocycles. The van der Waals surface area contributed by atoms with Crippen molar-refractivity contribution in [3.05, 3.63) is 0 Å². The van der Waals surface area contributed by atoms with E-state index in [0.717, 1.165) is 0 Å². The average molecular weight is 222 g/mol. The predicted molar refractivity (Wildman–Crippen MR) is 30.3 cm³/mol. The van der Waals surface area contributed by atoms with E-state index in [1.54, 1.807) is 0 Å². The van der Waals surface area contributed by atoms with Crippen LogP contribution in [-0.2, 0) is 18.1 Å². The van der Waals surface area contributed by atoms with Crippen molar-refractivity contribution in [3.63, 3.8) is 0 Å². The Morgan fingerprint density at radius 3 is 2.33 bits per heavy atom. The number of hydrogen-bond acceptors (Lipinski definition) is 3. The summed E-state index contributed by atoms with van der Waals surface area (Å²) < 4.78 is 18.1. The van der Waals surface area contributed by atoms with Crippen LogP contribution in [0, 0.1) is 0 Å². The SMILES string of the molecule is COS(=O)OI. The summed E-state index contributed by atoms with van der Waals surface area (Å²) in [6.07, 6.45) is 0. The maximum absolute atomic E-state index is 9.84. The summed E-state index contributed by atoms with van der Waals surface area (Å²) in [6, 6.07) is 0. The maximum Gasteiger partial charge on any atom is 0.314 e. The molecule has 0 N–H and O–H groups in total. The number of rotatable bonds is 2. The van der Waals surface area contributed by atoms with E-state index in [9.17, 15) is 4.21 Å². The Hall–Kier alpha value is 0.800. The molecule has 3 nitrogen and oxygen atoms in total. The minimum atomic E-state index is -1.55. The van der Waals surface area contributed by atoms with Gasteiger partial charge in [-0.1, -0.05) is 0 Å². The topological polar surface area (TPSA) is 35.5 Å². The van der Waals surface area contributed by atoms with Crippen LogP contribution in [0.5, 0.6) is 0 Å². The molecule has 0 aliphatic carbocycles. The minimum absolute atomic E-state index is 1.30. The van der Waals surface area contributed by atoms with E-state index in [1.165, 1.54) is 30.1 Å². The molecule has 0 radical (unpaired) electrons. The Morgan fingerprint density at radius 2 is 2.33 bits per heavy atom. The predicted octanol–water partition coefficient (Wildman–Crippen LogP) is 0.578. The van der Waals surface area contributed by atoms with Crippen molar-refractivity contribution in [2.75, 3.05) is 7.11 Å². The quantitative estimate of drug-likeness (QED) is 0.641. The molecule has 0 aromatic heterocycles. The second-order valence-corrected chi connectivity index (χ2v) is 2.38. The van der Waals surface area contributed by atoms with Gasteiger partial charge < -0.3 is 0 Å². The third kappa shape index (κ3) is 3.01. The molecule has 0 aliphatic rings. The molecule has 0 spiro atoms. The third-order valence-corrected chi connectivity index (χ3v) is 1.44. The van der Waals surface area contributed by atoms with Crippen LogP contribution in [0.4, 0.5) is 0 Å². The zero-order valence-corrected chi connectivity index (χ0v) is 5.98. The first-order valence-corrected chi connectivity index (χ1v) is 2.94. The normalized spacial score (nSPS) is 14.3. The number of halogens is 1. The molecule has 0 aromatic rings. The lowest BCUT2D eigenvalue weighted by atomic mass is 11.8. The molecule has 0 rings (SSSR count). The van der Waals surface area contributed by atoms with Gasteiger partial charge in [0.15, 0.2) is 0 Å². The van der Waals surface area contributed by atoms with Crippen molar-refractivity contribution in [2.45, 2.75) is 0 Å².